The molecule has 27 heavy (non-hydrogen) atoms. The van der Waals surface area contributed by atoms with Gasteiger partial charge >= 0.3 is 0 Å². The minimum atomic E-state index is -0.563. The molecule has 4 rings (SSSR count). The fraction of sp³-hybridized carbons (Fsp3) is 0.550. The Balaban J connectivity index is 1.52. The zero-order chi connectivity index (χ0) is 19.0. The third-order valence-electron chi connectivity index (χ3n) is 6.01. The number of hydrogen-bond acceptors (Lipinski definition) is 5. The molecule has 2 fully saturated rings. The van der Waals surface area contributed by atoms with Crippen molar-refractivity contribution in [3.05, 3.63) is 34.9 Å². The molecule has 0 aromatic heterocycles. The Hall–Kier alpha value is -2.25. The van der Waals surface area contributed by atoms with Gasteiger partial charge in [-0.15, -0.1) is 0 Å². The molecule has 7 heteroatoms. The van der Waals surface area contributed by atoms with Gasteiger partial charge in [-0.05, 0) is 55.5 Å². The Kier molecular flexibility index (Phi) is 4.97. The second-order valence-electron chi connectivity index (χ2n) is 7.82. The number of carbonyl (C=O) groups is 3. The van der Waals surface area contributed by atoms with Crippen molar-refractivity contribution in [1.29, 1.82) is 0 Å². The maximum absolute atomic E-state index is 12.9. The van der Waals surface area contributed by atoms with Gasteiger partial charge in [0.05, 0.1) is 0 Å². The first kappa shape index (κ1) is 18.1. The predicted molar refractivity (Wildman–Crippen MR) is 99.5 cm³/mol. The normalized spacial score (nSPS) is 26.3. The second kappa shape index (κ2) is 7.40. The number of rotatable bonds is 4. The van der Waals surface area contributed by atoms with Gasteiger partial charge < -0.3 is 10.6 Å². The van der Waals surface area contributed by atoms with E-state index >= 15 is 0 Å². The topological polar surface area (TPSA) is 95.7 Å². The second-order valence-corrected chi connectivity index (χ2v) is 7.82. The SMILES string of the molecule is NCC1CCCN(Cc2cccc3c2CN(C2CCC(=O)NC2=O)C3=O)C1. The van der Waals surface area contributed by atoms with Crippen LogP contribution in [0, 0.1) is 5.92 Å². The molecule has 1 aromatic carbocycles. The summed E-state index contributed by atoms with van der Waals surface area (Å²) in [5.41, 5.74) is 8.70. The smallest absolute Gasteiger partial charge is 0.255 e. The van der Waals surface area contributed by atoms with Crippen molar-refractivity contribution in [2.75, 3.05) is 19.6 Å². The molecular weight excluding hydrogens is 344 g/mol. The summed E-state index contributed by atoms with van der Waals surface area (Å²) in [5.74, 6) is -0.201. The monoisotopic (exact) mass is 370 g/mol. The first-order valence-electron chi connectivity index (χ1n) is 9.74. The Morgan fingerprint density at radius 3 is 2.81 bits per heavy atom. The van der Waals surface area contributed by atoms with E-state index in [-0.39, 0.29) is 24.1 Å². The zero-order valence-corrected chi connectivity index (χ0v) is 15.4. The van der Waals surface area contributed by atoms with Gasteiger partial charge in [-0.3, -0.25) is 24.6 Å². The molecule has 0 bridgehead atoms. The number of benzene rings is 1. The molecule has 0 spiro atoms. The van der Waals surface area contributed by atoms with Gasteiger partial charge in [-0.2, -0.15) is 0 Å². The first-order chi connectivity index (χ1) is 13.1. The lowest BCUT2D eigenvalue weighted by Gasteiger charge is -2.32. The average molecular weight is 370 g/mol. The summed E-state index contributed by atoms with van der Waals surface area (Å²) in [6, 6.07) is 5.27. The number of nitrogens with one attached hydrogen (secondary N) is 1. The first-order valence-corrected chi connectivity index (χ1v) is 9.74. The maximum Gasteiger partial charge on any atom is 0.255 e. The van der Waals surface area contributed by atoms with E-state index in [2.05, 4.69) is 16.3 Å². The van der Waals surface area contributed by atoms with Crippen molar-refractivity contribution >= 4 is 17.7 Å². The molecule has 2 unspecified atom stereocenters. The minimum Gasteiger partial charge on any atom is -0.330 e. The number of fused-ring (bicyclic) bond motifs is 1. The van der Waals surface area contributed by atoms with Crippen LogP contribution >= 0.6 is 0 Å². The third kappa shape index (κ3) is 3.49. The lowest BCUT2D eigenvalue weighted by atomic mass is 9.96. The number of amides is 3. The Morgan fingerprint density at radius 1 is 1.19 bits per heavy atom. The molecule has 0 aliphatic carbocycles. The summed E-state index contributed by atoms with van der Waals surface area (Å²) < 4.78 is 0. The highest BCUT2D eigenvalue weighted by Gasteiger charge is 2.39. The summed E-state index contributed by atoms with van der Waals surface area (Å²) >= 11 is 0. The van der Waals surface area contributed by atoms with Crippen LogP contribution in [0.2, 0.25) is 0 Å². The number of piperidine rings is 2. The molecule has 3 aliphatic rings. The molecule has 2 saturated heterocycles. The molecule has 3 amide bonds. The van der Waals surface area contributed by atoms with E-state index in [1.807, 2.05) is 12.1 Å². The van der Waals surface area contributed by atoms with Gasteiger partial charge in [-0.25, -0.2) is 0 Å². The van der Waals surface area contributed by atoms with Gasteiger partial charge in [0.1, 0.15) is 6.04 Å². The molecule has 3 heterocycles. The molecule has 2 atom stereocenters. The number of imide groups is 1. The Labute approximate surface area is 158 Å². The minimum absolute atomic E-state index is 0.111. The average Bonchev–Trinajstić information content (AvgIpc) is 3.00. The van der Waals surface area contributed by atoms with E-state index in [0.29, 0.717) is 31.0 Å². The Morgan fingerprint density at radius 2 is 2.04 bits per heavy atom. The summed E-state index contributed by atoms with van der Waals surface area (Å²) in [5, 5.41) is 2.35. The third-order valence-corrected chi connectivity index (χ3v) is 6.01. The fourth-order valence-electron chi connectivity index (χ4n) is 4.53. The molecule has 0 radical (unpaired) electrons. The fourth-order valence-corrected chi connectivity index (χ4v) is 4.53. The molecule has 0 saturated carbocycles. The number of nitrogens with zero attached hydrogens (tertiary/aromatic N) is 2. The largest absolute Gasteiger partial charge is 0.330 e. The van der Waals surface area contributed by atoms with E-state index in [4.69, 9.17) is 5.73 Å². The van der Waals surface area contributed by atoms with Gasteiger partial charge in [0.2, 0.25) is 11.8 Å². The summed E-state index contributed by atoms with van der Waals surface area (Å²) in [6.45, 7) is 3.99. The predicted octanol–water partition coefficient (Wildman–Crippen LogP) is 0.618. The van der Waals surface area contributed by atoms with Gasteiger partial charge in [0.15, 0.2) is 0 Å². The summed E-state index contributed by atoms with van der Waals surface area (Å²) in [6.07, 6.45) is 3.00. The molecule has 144 valence electrons. The number of carbonyl (C=O) groups excluding carboxylic acids is 3. The molecule has 3 N–H and O–H groups in total. The lowest BCUT2D eigenvalue weighted by molar-refractivity contribution is -0.136. The van der Waals surface area contributed by atoms with E-state index in [1.54, 1.807) is 4.90 Å². The van der Waals surface area contributed by atoms with Crippen molar-refractivity contribution < 1.29 is 14.4 Å². The molecule has 1 aromatic rings. The summed E-state index contributed by atoms with van der Waals surface area (Å²) in [4.78, 5) is 40.6. The zero-order valence-electron chi connectivity index (χ0n) is 15.4. The van der Waals surface area contributed by atoms with Crippen molar-refractivity contribution in [3.63, 3.8) is 0 Å². The highest BCUT2D eigenvalue weighted by atomic mass is 16.2. The number of hydrogen-bond donors (Lipinski definition) is 2. The van der Waals surface area contributed by atoms with Crippen LogP contribution in [0.15, 0.2) is 18.2 Å². The van der Waals surface area contributed by atoms with E-state index < -0.39 is 6.04 Å². The van der Waals surface area contributed by atoms with Crippen LogP contribution < -0.4 is 11.1 Å². The van der Waals surface area contributed by atoms with Gasteiger partial charge in [0, 0.05) is 31.6 Å². The number of nitrogens with two attached hydrogens (primary N) is 1. The maximum atomic E-state index is 12.9. The van der Waals surface area contributed by atoms with Crippen LogP contribution in [0.1, 0.15) is 47.2 Å². The highest BCUT2D eigenvalue weighted by Crippen LogP contribution is 2.31. The summed E-state index contributed by atoms with van der Waals surface area (Å²) in [7, 11) is 0. The van der Waals surface area contributed by atoms with Gasteiger partial charge in [0.25, 0.3) is 5.91 Å². The molecule has 3 aliphatic heterocycles. The van der Waals surface area contributed by atoms with Crippen LogP contribution in [-0.4, -0.2) is 53.2 Å². The van der Waals surface area contributed by atoms with Gasteiger partial charge in [-0.1, -0.05) is 12.1 Å². The van der Waals surface area contributed by atoms with Crippen molar-refractivity contribution in [3.8, 4) is 0 Å². The molecule has 7 nitrogen and oxygen atoms in total. The van der Waals surface area contributed by atoms with E-state index in [9.17, 15) is 14.4 Å². The Bertz CT molecular complexity index is 778. The quantitative estimate of drug-likeness (QED) is 0.758. The van der Waals surface area contributed by atoms with E-state index in [0.717, 1.165) is 37.2 Å². The van der Waals surface area contributed by atoms with Crippen molar-refractivity contribution in [1.82, 2.24) is 15.1 Å². The van der Waals surface area contributed by atoms with Crippen molar-refractivity contribution in [2.24, 2.45) is 11.7 Å². The van der Waals surface area contributed by atoms with Crippen LogP contribution in [0.5, 0.6) is 0 Å². The lowest BCUT2D eigenvalue weighted by Crippen LogP contribution is -2.52. The highest BCUT2D eigenvalue weighted by molar-refractivity contribution is 6.05. The van der Waals surface area contributed by atoms with Crippen LogP contribution in [0.25, 0.3) is 0 Å². The van der Waals surface area contributed by atoms with E-state index in [1.165, 1.54) is 6.42 Å². The van der Waals surface area contributed by atoms with Crippen LogP contribution in [0.3, 0.4) is 0 Å². The molecular formula is C20H26N4O3. The van der Waals surface area contributed by atoms with Crippen molar-refractivity contribution in [2.45, 2.75) is 44.8 Å². The van der Waals surface area contributed by atoms with Crippen LogP contribution in [0.4, 0.5) is 0 Å². The standard InChI is InChI=1S/C20H26N4O3/c21-9-13-3-2-8-23(10-13)11-14-4-1-5-15-16(14)12-24(20(15)27)17-6-7-18(25)22-19(17)26/h1,4-5,13,17H,2-3,6-12,21H2,(H,22,25,26). The number of likely N-dealkylation sites (tertiary alicyclic amines) is 1. The van der Waals surface area contributed by atoms with Crippen LogP contribution in [-0.2, 0) is 22.7 Å².